The van der Waals surface area contributed by atoms with Gasteiger partial charge in [-0.25, -0.2) is 0 Å². The van der Waals surface area contributed by atoms with Gasteiger partial charge in [-0.3, -0.25) is 0 Å². The van der Waals surface area contributed by atoms with Gasteiger partial charge < -0.3 is 0 Å². The first kappa shape index (κ1) is 21.1. The first-order valence-electron chi connectivity index (χ1n) is 7.50. The Balaban J connectivity index is 6.49. The van der Waals surface area contributed by atoms with Crippen molar-refractivity contribution in [3.63, 3.8) is 0 Å². The summed E-state index contributed by atoms with van der Waals surface area (Å²) in [5.41, 5.74) is 4.19. The zero-order valence-electron chi connectivity index (χ0n) is 15.5. The van der Waals surface area contributed by atoms with Crippen LogP contribution < -0.4 is 0 Å². The molecule has 0 aliphatic rings. The first-order chi connectivity index (χ1) is 7.97. The molecule has 0 saturated carbocycles. The Morgan fingerprint density at radius 3 is 1.11 bits per heavy atom. The molecule has 0 N–H and O–H groups in total. The van der Waals surface area contributed by atoms with Crippen LogP contribution in [-0.4, -0.2) is 63.2 Å². The van der Waals surface area contributed by atoms with E-state index in [1.807, 2.05) is 4.82 Å². The Hall–Kier alpha value is 2.13. The molecule has 0 unspecified atom stereocenters. The van der Waals surface area contributed by atoms with Gasteiger partial charge in [-0.2, -0.15) is 0 Å². The first-order valence-corrected chi connectivity index (χ1v) is 41.0. The molecule has 112 valence electrons. The molecule has 0 radical (unpaired) electrons. The molecule has 0 fully saturated rings. The van der Waals surface area contributed by atoms with Gasteiger partial charge in [0.05, 0.1) is 0 Å². The van der Waals surface area contributed by atoms with Gasteiger partial charge in [0.25, 0.3) is 0 Å². The predicted molar refractivity (Wildman–Crippen MR) is 104 cm³/mol. The van der Waals surface area contributed by atoms with Gasteiger partial charge >= 0.3 is 138 Å². The SMILES string of the molecule is C[Si](C)(C)[C](=C=[C]([Sn]([CH3])([CH3])[CH3])[Sn]([CH3])([CH3])[CH3])[Sn]([CH3])([CH3])[CH3]. The molecule has 0 saturated heterocycles. The van der Waals surface area contributed by atoms with Crippen molar-refractivity contribution in [2.45, 2.75) is 64.1 Å². The molecule has 0 atom stereocenters. The zero-order chi connectivity index (χ0) is 15.9. The minimum absolute atomic E-state index is 1.20. The van der Waals surface area contributed by atoms with Gasteiger partial charge in [0, 0.05) is 0 Å². The third-order valence-electron chi connectivity index (χ3n) is 3.25. The molecule has 0 aliphatic carbocycles. The van der Waals surface area contributed by atoms with Crippen molar-refractivity contribution in [2.75, 3.05) is 0 Å². The Morgan fingerprint density at radius 2 is 0.947 bits per heavy atom. The minimum atomic E-state index is -2.00. The van der Waals surface area contributed by atoms with Crippen LogP contribution in [0.5, 0.6) is 0 Å². The molecule has 0 amide bonds. The summed E-state index contributed by atoms with van der Waals surface area (Å²) in [6, 6.07) is 0. The van der Waals surface area contributed by atoms with E-state index < -0.39 is 63.2 Å². The van der Waals surface area contributed by atoms with E-state index in [9.17, 15) is 0 Å². The van der Waals surface area contributed by atoms with Crippen LogP contribution >= 0.6 is 0 Å². The summed E-state index contributed by atoms with van der Waals surface area (Å²) >= 11 is -5.97. The van der Waals surface area contributed by atoms with Gasteiger partial charge in [0.15, 0.2) is 0 Å². The summed E-state index contributed by atoms with van der Waals surface area (Å²) in [7, 11) is -1.20. The van der Waals surface area contributed by atoms with E-state index in [1.54, 1.807) is 0 Å². The van der Waals surface area contributed by atoms with Crippen molar-refractivity contribution in [3.8, 4) is 0 Å². The average Bonchev–Trinajstić information content (AvgIpc) is 1.91. The molecular formula is C15H36SiSn3. The standard InChI is InChI=1S/C6H9Si.9CH3.3Sn/c1-5-6-7(2,3)4;;;;;;;;;;;;/h2-4H3;9*1H3;;;. The van der Waals surface area contributed by atoms with Crippen LogP contribution in [0.15, 0.2) is 10.5 Å². The van der Waals surface area contributed by atoms with Crippen LogP contribution in [-0.2, 0) is 0 Å². The van der Waals surface area contributed by atoms with E-state index in [-0.39, 0.29) is 0 Å². The molecule has 0 aromatic rings. The van der Waals surface area contributed by atoms with Gasteiger partial charge in [-0.15, -0.1) is 0 Å². The van der Waals surface area contributed by atoms with Gasteiger partial charge in [0.1, 0.15) is 0 Å². The summed E-state index contributed by atoms with van der Waals surface area (Å²) in [6.07, 6.45) is 0. The summed E-state index contributed by atoms with van der Waals surface area (Å²) in [4.78, 5) is 23.3. The molecule has 0 bridgehead atoms. The van der Waals surface area contributed by atoms with Crippen LogP contribution in [0.3, 0.4) is 0 Å². The molecule has 0 aromatic heterocycles. The van der Waals surface area contributed by atoms with Crippen molar-refractivity contribution in [1.82, 2.24) is 0 Å². The molecule has 0 spiro atoms. The molecule has 0 nitrogen and oxygen atoms in total. The van der Waals surface area contributed by atoms with E-state index in [1.165, 1.54) is 0 Å². The van der Waals surface area contributed by atoms with Gasteiger partial charge in [0.2, 0.25) is 0 Å². The van der Waals surface area contributed by atoms with Crippen LogP contribution in [0.4, 0.5) is 0 Å². The Kier molecular flexibility index (Phi) is 7.47. The van der Waals surface area contributed by atoms with Crippen LogP contribution in [0.2, 0.25) is 64.1 Å². The van der Waals surface area contributed by atoms with E-state index in [0.29, 0.717) is 0 Å². The fraction of sp³-hybridized carbons (Fsp3) is 0.800. The van der Waals surface area contributed by atoms with Crippen LogP contribution in [0.25, 0.3) is 0 Å². The van der Waals surface area contributed by atoms with Crippen molar-refractivity contribution < 1.29 is 0 Å². The molecule has 0 rings (SSSR count). The third kappa shape index (κ3) is 7.29. The molecular weight excluding hydrogens is 564 g/mol. The van der Waals surface area contributed by atoms with Crippen molar-refractivity contribution >= 4 is 63.2 Å². The monoisotopic (exact) mass is 604 g/mol. The Morgan fingerprint density at radius 1 is 0.632 bits per heavy atom. The summed E-state index contributed by atoms with van der Waals surface area (Å²) in [5, 5.41) is 0. The summed E-state index contributed by atoms with van der Waals surface area (Å²) in [5.74, 6) is 0. The van der Waals surface area contributed by atoms with Gasteiger partial charge in [-0.1, -0.05) is 0 Å². The molecule has 0 heterocycles. The summed E-state index contributed by atoms with van der Waals surface area (Å²) < 4.78 is 3.79. The second kappa shape index (κ2) is 6.71. The average molecular weight is 601 g/mol. The van der Waals surface area contributed by atoms with Crippen molar-refractivity contribution in [3.05, 3.63) is 10.5 Å². The van der Waals surface area contributed by atoms with E-state index in [2.05, 4.69) is 69.8 Å². The molecule has 19 heavy (non-hydrogen) atoms. The van der Waals surface area contributed by atoms with Gasteiger partial charge in [-0.05, 0) is 0 Å². The molecule has 0 aromatic carbocycles. The topological polar surface area (TPSA) is 0 Å². The summed E-state index contributed by atoms with van der Waals surface area (Å²) in [6.45, 7) is 7.60. The van der Waals surface area contributed by atoms with E-state index in [0.717, 1.165) is 0 Å². The quantitative estimate of drug-likeness (QED) is 0.277. The van der Waals surface area contributed by atoms with E-state index >= 15 is 0 Å². The molecule has 0 aliphatic heterocycles. The van der Waals surface area contributed by atoms with E-state index in [4.69, 9.17) is 0 Å². The number of rotatable bonds is 4. The van der Waals surface area contributed by atoms with Crippen LogP contribution in [0.1, 0.15) is 0 Å². The predicted octanol–water partition coefficient (Wildman–Crippen LogP) is 5.95. The zero-order valence-corrected chi connectivity index (χ0v) is 25.1. The van der Waals surface area contributed by atoms with Crippen molar-refractivity contribution in [2.24, 2.45) is 0 Å². The number of hydrogen-bond donors (Lipinski definition) is 0. The number of hydrogen-bond acceptors (Lipinski definition) is 0. The van der Waals surface area contributed by atoms with Crippen molar-refractivity contribution in [1.29, 1.82) is 0 Å². The third-order valence-corrected chi connectivity index (χ3v) is 59.0. The molecule has 4 heteroatoms. The second-order valence-electron chi connectivity index (χ2n) is 9.88. The maximum absolute atomic E-state index is 4.19. The maximum atomic E-state index is 4.19. The fourth-order valence-corrected chi connectivity index (χ4v) is 81.7. The Bertz CT molecular complexity index is 321. The second-order valence-corrected chi connectivity index (χ2v) is 63.2. The van der Waals surface area contributed by atoms with Crippen LogP contribution in [0, 0.1) is 0 Å². The fourth-order valence-electron chi connectivity index (χ4n) is 3.12. The normalized spacial score (nSPS) is 14.1. The Labute approximate surface area is 136 Å².